The van der Waals surface area contributed by atoms with Crippen molar-refractivity contribution in [2.75, 3.05) is 19.6 Å². The van der Waals surface area contributed by atoms with Crippen LogP contribution in [0.3, 0.4) is 0 Å². The standard InChI is InChI=1S/C19H29N5O2/c1-15-17(16(2)24(22-15)13-6-10-20)8-9-18(25)21-11-14-23-12-5-3-4-7-19(23)26/h3-9,11-14H2,1-2H3,(H,21,25). The first-order chi connectivity index (χ1) is 12.5. The van der Waals surface area contributed by atoms with Gasteiger partial charge < -0.3 is 10.2 Å². The second-order valence-corrected chi connectivity index (χ2v) is 6.82. The van der Waals surface area contributed by atoms with Gasteiger partial charge in [-0.3, -0.25) is 14.3 Å². The molecule has 1 N–H and O–H groups in total. The second kappa shape index (κ2) is 9.95. The van der Waals surface area contributed by atoms with Crippen LogP contribution in [0.15, 0.2) is 0 Å². The molecule has 0 radical (unpaired) electrons. The van der Waals surface area contributed by atoms with Crippen LogP contribution >= 0.6 is 0 Å². The van der Waals surface area contributed by atoms with Crippen molar-refractivity contribution in [1.29, 1.82) is 5.26 Å². The van der Waals surface area contributed by atoms with Gasteiger partial charge in [0.2, 0.25) is 11.8 Å². The zero-order valence-corrected chi connectivity index (χ0v) is 15.9. The van der Waals surface area contributed by atoms with Crippen LogP contribution in [-0.4, -0.2) is 46.1 Å². The lowest BCUT2D eigenvalue weighted by Gasteiger charge is -2.20. The van der Waals surface area contributed by atoms with Gasteiger partial charge in [-0.05, 0) is 38.7 Å². The van der Waals surface area contributed by atoms with Crippen molar-refractivity contribution in [1.82, 2.24) is 20.0 Å². The van der Waals surface area contributed by atoms with Crippen LogP contribution in [0.4, 0.5) is 0 Å². The van der Waals surface area contributed by atoms with Gasteiger partial charge in [-0.2, -0.15) is 10.4 Å². The molecule has 0 atom stereocenters. The van der Waals surface area contributed by atoms with E-state index >= 15 is 0 Å². The van der Waals surface area contributed by atoms with Gasteiger partial charge in [0.1, 0.15) is 0 Å². The lowest BCUT2D eigenvalue weighted by molar-refractivity contribution is -0.131. The maximum atomic E-state index is 12.1. The number of hydrogen-bond acceptors (Lipinski definition) is 4. The Morgan fingerprint density at radius 2 is 2.08 bits per heavy atom. The van der Waals surface area contributed by atoms with Gasteiger partial charge in [0.05, 0.1) is 24.7 Å². The van der Waals surface area contributed by atoms with Crippen molar-refractivity contribution in [3.05, 3.63) is 17.0 Å². The first-order valence-electron chi connectivity index (χ1n) is 9.47. The molecule has 1 saturated heterocycles. The van der Waals surface area contributed by atoms with Gasteiger partial charge in [-0.15, -0.1) is 0 Å². The van der Waals surface area contributed by atoms with Crippen molar-refractivity contribution < 1.29 is 9.59 Å². The Hall–Kier alpha value is -2.36. The molecule has 0 aromatic carbocycles. The highest BCUT2D eigenvalue weighted by Crippen LogP contribution is 2.15. The van der Waals surface area contributed by atoms with Crippen LogP contribution in [0.1, 0.15) is 55.5 Å². The molecule has 1 fully saturated rings. The normalized spacial score (nSPS) is 14.8. The highest BCUT2D eigenvalue weighted by Gasteiger charge is 2.16. The van der Waals surface area contributed by atoms with Gasteiger partial charge in [-0.1, -0.05) is 6.42 Å². The highest BCUT2D eigenvalue weighted by atomic mass is 16.2. The van der Waals surface area contributed by atoms with Gasteiger partial charge in [0, 0.05) is 38.2 Å². The van der Waals surface area contributed by atoms with Crippen LogP contribution in [0.25, 0.3) is 0 Å². The molecular formula is C19H29N5O2. The van der Waals surface area contributed by atoms with E-state index in [0.717, 1.165) is 42.8 Å². The summed E-state index contributed by atoms with van der Waals surface area (Å²) in [5, 5.41) is 16.1. The van der Waals surface area contributed by atoms with Crippen LogP contribution < -0.4 is 5.32 Å². The number of nitriles is 1. The number of nitrogens with zero attached hydrogens (tertiary/aromatic N) is 4. The predicted octanol–water partition coefficient (Wildman–Crippen LogP) is 1.87. The molecular weight excluding hydrogens is 330 g/mol. The topological polar surface area (TPSA) is 91.0 Å². The fraction of sp³-hybridized carbons (Fsp3) is 0.684. The van der Waals surface area contributed by atoms with Crippen molar-refractivity contribution >= 4 is 11.8 Å². The molecule has 2 amide bonds. The predicted molar refractivity (Wildman–Crippen MR) is 98.3 cm³/mol. The number of likely N-dealkylation sites (tertiary alicyclic amines) is 1. The first-order valence-corrected chi connectivity index (χ1v) is 9.47. The van der Waals surface area contributed by atoms with Gasteiger partial charge >= 0.3 is 0 Å². The fourth-order valence-electron chi connectivity index (χ4n) is 3.40. The van der Waals surface area contributed by atoms with E-state index in [0.29, 0.717) is 45.3 Å². The third kappa shape index (κ3) is 5.58. The minimum Gasteiger partial charge on any atom is -0.354 e. The number of hydrogen-bond donors (Lipinski definition) is 1. The number of rotatable bonds is 8. The molecule has 1 aromatic heterocycles. The maximum Gasteiger partial charge on any atom is 0.222 e. The minimum atomic E-state index is -0.00385. The Balaban J connectivity index is 1.76. The number of aryl methyl sites for hydroxylation is 2. The smallest absolute Gasteiger partial charge is 0.222 e. The molecule has 0 spiro atoms. The quantitative estimate of drug-likeness (QED) is 0.767. The van der Waals surface area contributed by atoms with Crippen molar-refractivity contribution in [2.24, 2.45) is 0 Å². The first kappa shape index (κ1) is 20.0. The second-order valence-electron chi connectivity index (χ2n) is 6.82. The molecule has 0 aliphatic carbocycles. The van der Waals surface area contributed by atoms with E-state index in [4.69, 9.17) is 5.26 Å². The highest BCUT2D eigenvalue weighted by molar-refractivity contribution is 5.77. The molecule has 0 bridgehead atoms. The monoisotopic (exact) mass is 359 g/mol. The molecule has 0 saturated carbocycles. The summed E-state index contributed by atoms with van der Waals surface area (Å²) in [6.45, 7) is 6.40. The summed E-state index contributed by atoms with van der Waals surface area (Å²) < 4.78 is 1.84. The van der Waals surface area contributed by atoms with E-state index in [-0.39, 0.29) is 11.8 Å². The molecule has 142 valence electrons. The summed E-state index contributed by atoms with van der Waals surface area (Å²) in [5.74, 6) is 0.198. The van der Waals surface area contributed by atoms with Crippen LogP contribution in [0.5, 0.6) is 0 Å². The van der Waals surface area contributed by atoms with E-state index in [2.05, 4.69) is 16.5 Å². The molecule has 2 rings (SSSR count). The SMILES string of the molecule is Cc1nn(CCC#N)c(C)c1CCC(=O)NCCN1CCCCCC1=O. The molecule has 0 unspecified atom stereocenters. The number of carbonyl (C=O) groups is 2. The van der Waals surface area contributed by atoms with Gasteiger partial charge in [0.15, 0.2) is 0 Å². The molecule has 1 aliphatic heterocycles. The van der Waals surface area contributed by atoms with Crippen molar-refractivity contribution in [3.8, 4) is 6.07 Å². The average Bonchev–Trinajstić information content (AvgIpc) is 2.75. The Kier molecular flexibility index (Phi) is 7.64. The van der Waals surface area contributed by atoms with Gasteiger partial charge in [0.25, 0.3) is 0 Å². The Bertz CT molecular complexity index is 674. The minimum absolute atomic E-state index is 0.00385. The van der Waals surface area contributed by atoms with Crippen LogP contribution in [-0.2, 0) is 22.6 Å². The van der Waals surface area contributed by atoms with E-state index in [1.807, 2.05) is 23.4 Å². The van der Waals surface area contributed by atoms with Crippen molar-refractivity contribution in [3.63, 3.8) is 0 Å². The summed E-state index contributed by atoms with van der Waals surface area (Å²) in [7, 11) is 0. The number of aromatic nitrogens is 2. The molecule has 2 heterocycles. The molecule has 7 nitrogen and oxygen atoms in total. The molecule has 1 aliphatic rings. The molecule has 7 heteroatoms. The number of nitrogens with one attached hydrogen (secondary N) is 1. The Morgan fingerprint density at radius 3 is 2.85 bits per heavy atom. The molecule has 26 heavy (non-hydrogen) atoms. The van der Waals surface area contributed by atoms with Crippen LogP contribution in [0, 0.1) is 25.2 Å². The summed E-state index contributed by atoms with van der Waals surface area (Å²) in [6.07, 6.45) is 5.23. The van der Waals surface area contributed by atoms with Gasteiger partial charge in [-0.25, -0.2) is 0 Å². The van der Waals surface area contributed by atoms with E-state index in [1.165, 1.54) is 0 Å². The van der Waals surface area contributed by atoms with E-state index in [9.17, 15) is 9.59 Å². The summed E-state index contributed by atoms with van der Waals surface area (Å²) >= 11 is 0. The molecule has 1 aromatic rings. The third-order valence-electron chi connectivity index (χ3n) is 4.94. The lowest BCUT2D eigenvalue weighted by Crippen LogP contribution is -2.38. The largest absolute Gasteiger partial charge is 0.354 e. The average molecular weight is 359 g/mol. The number of carbonyl (C=O) groups excluding carboxylic acids is 2. The maximum absolute atomic E-state index is 12.1. The summed E-state index contributed by atoms with van der Waals surface area (Å²) in [4.78, 5) is 25.9. The zero-order chi connectivity index (χ0) is 18.9. The third-order valence-corrected chi connectivity index (χ3v) is 4.94. The van der Waals surface area contributed by atoms with Crippen molar-refractivity contribution in [2.45, 2.75) is 65.3 Å². The lowest BCUT2D eigenvalue weighted by atomic mass is 10.1. The van der Waals surface area contributed by atoms with E-state index in [1.54, 1.807) is 0 Å². The summed E-state index contributed by atoms with van der Waals surface area (Å²) in [5.41, 5.74) is 3.03. The van der Waals surface area contributed by atoms with E-state index < -0.39 is 0 Å². The number of amides is 2. The zero-order valence-electron chi connectivity index (χ0n) is 15.9. The Labute approximate surface area is 155 Å². The van der Waals surface area contributed by atoms with Crippen LogP contribution in [0.2, 0.25) is 0 Å². The fourth-order valence-corrected chi connectivity index (χ4v) is 3.40. The summed E-state index contributed by atoms with van der Waals surface area (Å²) in [6, 6.07) is 2.13. The Morgan fingerprint density at radius 1 is 1.27 bits per heavy atom.